The largest absolute Gasteiger partial charge is 0.406 e. The van der Waals surface area contributed by atoms with Gasteiger partial charge in [0.15, 0.2) is 0 Å². The lowest BCUT2D eigenvalue weighted by Gasteiger charge is -2.23. The molecule has 18 heavy (non-hydrogen) atoms. The summed E-state index contributed by atoms with van der Waals surface area (Å²) in [6.45, 7) is -1.32. The van der Waals surface area contributed by atoms with E-state index in [0.29, 0.717) is 4.47 Å². The zero-order chi connectivity index (χ0) is 13.8. The number of hydrogen-bond donors (Lipinski definition) is 0. The molecule has 8 heteroatoms. The molecule has 0 aliphatic carbocycles. The molecule has 0 aliphatic heterocycles. The van der Waals surface area contributed by atoms with Crippen LogP contribution in [0.3, 0.4) is 0 Å². The normalized spacial score (nSPS) is 11.6. The van der Waals surface area contributed by atoms with Crippen LogP contribution in [0.25, 0.3) is 0 Å². The van der Waals surface area contributed by atoms with Gasteiger partial charge >= 0.3 is 6.18 Å². The quantitative estimate of drug-likeness (QED) is 0.820. The number of amides is 1. The molecule has 0 radical (unpaired) electrons. The Bertz CT molecular complexity index is 408. The summed E-state index contributed by atoms with van der Waals surface area (Å²) in [6.07, 6.45) is -4.42. The lowest BCUT2D eigenvalue weighted by molar-refractivity contribution is -0.141. The fourth-order valence-corrected chi connectivity index (χ4v) is 2.77. The number of ether oxygens (including phenoxy) is 1. The Labute approximate surface area is 115 Å². The molecule has 3 nitrogen and oxygen atoms in total. The number of hydrogen-bond acceptors (Lipinski definition) is 3. The second kappa shape index (κ2) is 6.53. The first-order valence-electron chi connectivity index (χ1n) is 4.93. The van der Waals surface area contributed by atoms with Crippen LogP contribution in [-0.4, -0.2) is 43.8 Å². The maximum absolute atomic E-state index is 12.4. The monoisotopic (exact) mass is 345 g/mol. The van der Waals surface area contributed by atoms with Gasteiger partial charge in [0.2, 0.25) is 0 Å². The van der Waals surface area contributed by atoms with E-state index in [1.807, 2.05) is 0 Å². The molecule has 0 spiro atoms. The standard InChI is InChI=1S/C10H11BrF3NO2S/c1-17-4-3-15(6-10(12,13)14)9(16)8-7(11)2-5-18-8/h2,5H,3-4,6H2,1H3. The number of rotatable bonds is 5. The molecule has 1 amide bonds. The van der Waals surface area contributed by atoms with Crippen molar-refractivity contribution in [1.29, 1.82) is 0 Å². The van der Waals surface area contributed by atoms with Crippen LogP contribution in [-0.2, 0) is 4.74 Å². The average molecular weight is 346 g/mol. The van der Waals surface area contributed by atoms with Crippen molar-refractivity contribution in [1.82, 2.24) is 4.90 Å². The molecule has 0 aliphatic rings. The third-order valence-corrected chi connectivity index (χ3v) is 3.86. The van der Waals surface area contributed by atoms with Crippen LogP contribution in [0.5, 0.6) is 0 Å². The van der Waals surface area contributed by atoms with E-state index in [-0.39, 0.29) is 18.0 Å². The molecule has 0 fully saturated rings. The van der Waals surface area contributed by atoms with E-state index < -0.39 is 18.6 Å². The van der Waals surface area contributed by atoms with Crippen LogP contribution in [0.1, 0.15) is 9.67 Å². The summed E-state index contributed by atoms with van der Waals surface area (Å²) >= 11 is 4.23. The van der Waals surface area contributed by atoms with Crippen molar-refractivity contribution in [2.75, 3.05) is 26.8 Å². The highest BCUT2D eigenvalue weighted by atomic mass is 79.9. The van der Waals surface area contributed by atoms with E-state index >= 15 is 0 Å². The van der Waals surface area contributed by atoms with Gasteiger partial charge in [-0.3, -0.25) is 4.79 Å². The first-order chi connectivity index (χ1) is 8.35. The molecule has 102 valence electrons. The van der Waals surface area contributed by atoms with E-state index in [0.717, 1.165) is 16.2 Å². The second-order valence-electron chi connectivity index (χ2n) is 3.43. The van der Waals surface area contributed by atoms with Crippen molar-refractivity contribution in [3.05, 3.63) is 20.8 Å². The Balaban J connectivity index is 2.82. The van der Waals surface area contributed by atoms with Gasteiger partial charge in [-0.1, -0.05) is 0 Å². The second-order valence-corrected chi connectivity index (χ2v) is 5.20. The van der Waals surface area contributed by atoms with Crippen molar-refractivity contribution in [3.8, 4) is 0 Å². The van der Waals surface area contributed by atoms with Gasteiger partial charge in [-0.2, -0.15) is 13.2 Å². The van der Waals surface area contributed by atoms with E-state index in [9.17, 15) is 18.0 Å². The van der Waals surface area contributed by atoms with Crippen molar-refractivity contribution in [2.45, 2.75) is 6.18 Å². The average Bonchev–Trinajstić information content (AvgIpc) is 2.68. The third kappa shape index (κ3) is 4.58. The summed E-state index contributed by atoms with van der Waals surface area (Å²) in [5, 5.41) is 1.64. The zero-order valence-electron chi connectivity index (χ0n) is 9.46. The Morgan fingerprint density at radius 1 is 1.56 bits per heavy atom. The van der Waals surface area contributed by atoms with Crippen LogP contribution < -0.4 is 0 Å². The predicted molar refractivity (Wildman–Crippen MR) is 65.9 cm³/mol. The molecule has 1 rings (SSSR count). The van der Waals surface area contributed by atoms with Crippen molar-refractivity contribution in [3.63, 3.8) is 0 Å². The van der Waals surface area contributed by atoms with Crippen LogP contribution in [0.2, 0.25) is 0 Å². The Morgan fingerprint density at radius 3 is 2.67 bits per heavy atom. The fraction of sp³-hybridized carbons (Fsp3) is 0.500. The molecule has 1 aromatic rings. The highest BCUT2D eigenvalue weighted by molar-refractivity contribution is 9.10. The minimum absolute atomic E-state index is 0.0603. The van der Waals surface area contributed by atoms with Gasteiger partial charge in [0.25, 0.3) is 5.91 Å². The minimum Gasteiger partial charge on any atom is -0.383 e. The van der Waals surface area contributed by atoms with Gasteiger partial charge in [-0.25, -0.2) is 0 Å². The maximum atomic E-state index is 12.4. The highest BCUT2D eigenvalue weighted by Crippen LogP contribution is 2.25. The summed E-state index contributed by atoms with van der Waals surface area (Å²) in [6, 6.07) is 1.62. The minimum atomic E-state index is -4.42. The number of carbonyl (C=O) groups is 1. The van der Waals surface area contributed by atoms with Gasteiger partial charge in [-0.05, 0) is 27.4 Å². The maximum Gasteiger partial charge on any atom is 0.406 e. The summed E-state index contributed by atoms with van der Waals surface area (Å²) in [5.41, 5.74) is 0. The van der Waals surface area contributed by atoms with Crippen molar-refractivity contribution in [2.24, 2.45) is 0 Å². The molecular formula is C10H11BrF3NO2S. The van der Waals surface area contributed by atoms with Gasteiger partial charge in [0, 0.05) is 18.1 Å². The molecule has 0 unspecified atom stereocenters. The Kier molecular flexibility index (Phi) is 5.61. The fourth-order valence-electron chi connectivity index (χ4n) is 1.26. The van der Waals surface area contributed by atoms with Crippen molar-refractivity contribution >= 4 is 33.2 Å². The van der Waals surface area contributed by atoms with E-state index in [4.69, 9.17) is 4.74 Å². The van der Waals surface area contributed by atoms with E-state index in [1.165, 1.54) is 7.11 Å². The SMILES string of the molecule is COCCN(CC(F)(F)F)C(=O)c1sccc1Br. The molecule has 0 aromatic carbocycles. The summed E-state index contributed by atoms with van der Waals surface area (Å²) in [7, 11) is 1.37. The van der Waals surface area contributed by atoms with Gasteiger partial charge < -0.3 is 9.64 Å². The molecular weight excluding hydrogens is 335 g/mol. The van der Waals surface area contributed by atoms with Crippen LogP contribution in [0, 0.1) is 0 Å². The molecule has 1 heterocycles. The lowest BCUT2D eigenvalue weighted by atomic mass is 10.3. The summed E-state index contributed by atoms with van der Waals surface area (Å²) < 4.78 is 42.4. The van der Waals surface area contributed by atoms with E-state index in [1.54, 1.807) is 11.4 Å². The number of alkyl halides is 3. The molecule has 0 saturated carbocycles. The zero-order valence-corrected chi connectivity index (χ0v) is 11.9. The van der Waals surface area contributed by atoms with E-state index in [2.05, 4.69) is 15.9 Å². The number of thiophene rings is 1. The van der Waals surface area contributed by atoms with Crippen LogP contribution in [0.15, 0.2) is 15.9 Å². The first kappa shape index (κ1) is 15.5. The van der Waals surface area contributed by atoms with Gasteiger partial charge in [0.1, 0.15) is 11.4 Å². The van der Waals surface area contributed by atoms with Crippen LogP contribution in [0.4, 0.5) is 13.2 Å². The molecule has 1 aromatic heterocycles. The van der Waals surface area contributed by atoms with Gasteiger partial charge in [-0.15, -0.1) is 11.3 Å². The smallest absolute Gasteiger partial charge is 0.383 e. The topological polar surface area (TPSA) is 29.5 Å². The van der Waals surface area contributed by atoms with Gasteiger partial charge in [0.05, 0.1) is 6.61 Å². The highest BCUT2D eigenvalue weighted by Gasteiger charge is 2.33. The summed E-state index contributed by atoms with van der Waals surface area (Å²) in [4.78, 5) is 13.0. The molecule has 0 atom stereocenters. The summed E-state index contributed by atoms with van der Waals surface area (Å²) in [5.74, 6) is -0.647. The number of nitrogens with zero attached hydrogens (tertiary/aromatic N) is 1. The Hall–Kier alpha value is -0.600. The first-order valence-corrected chi connectivity index (χ1v) is 6.60. The predicted octanol–water partition coefficient (Wildman–Crippen LogP) is 3.16. The molecule has 0 saturated heterocycles. The molecule has 0 N–H and O–H groups in total. The third-order valence-electron chi connectivity index (χ3n) is 2.03. The number of halogens is 4. The number of methoxy groups -OCH3 is 1. The van der Waals surface area contributed by atoms with Crippen molar-refractivity contribution < 1.29 is 22.7 Å². The Morgan fingerprint density at radius 2 is 2.22 bits per heavy atom. The molecule has 0 bridgehead atoms. The lowest BCUT2D eigenvalue weighted by Crippen LogP contribution is -2.40. The van der Waals surface area contributed by atoms with Crippen LogP contribution >= 0.6 is 27.3 Å². The number of carbonyl (C=O) groups excluding carboxylic acids is 1.